The fraction of sp³-hybridized carbons (Fsp3) is 0.500. The van der Waals surface area contributed by atoms with Gasteiger partial charge in [0.1, 0.15) is 5.82 Å². The molecule has 0 unspecified atom stereocenters. The Morgan fingerprint density at radius 1 is 1.35 bits per heavy atom. The highest BCUT2D eigenvalue weighted by Gasteiger charge is 2.09. The van der Waals surface area contributed by atoms with Crippen LogP contribution in [0.15, 0.2) is 18.2 Å². The molecule has 1 aliphatic rings. The fourth-order valence-corrected chi connectivity index (χ4v) is 1.86. The average molecular weight is 239 g/mol. The van der Waals surface area contributed by atoms with E-state index >= 15 is 0 Å². The molecule has 0 bridgehead atoms. The fourth-order valence-electron chi connectivity index (χ4n) is 1.86. The zero-order chi connectivity index (χ0) is 12.1. The minimum atomic E-state index is -0.270. The van der Waals surface area contributed by atoms with E-state index in [1.54, 1.807) is 6.07 Å². The van der Waals surface area contributed by atoms with Gasteiger partial charge >= 0.3 is 0 Å². The van der Waals surface area contributed by atoms with Crippen LogP contribution in [0.5, 0.6) is 0 Å². The smallest absolute Gasteiger partial charge is 0.125 e. The van der Waals surface area contributed by atoms with E-state index in [2.05, 4.69) is 10.2 Å². The lowest BCUT2D eigenvalue weighted by molar-refractivity contribution is 0.0398. The Morgan fingerprint density at radius 3 is 2.88 bits per heavy atom. The highest BCUT2D eigenvalue weighted by atomic mass is 19.1. The van der Waals surface area contributed by atoms with Crippen molar-refractivity contribution in [1.29, 1.82) is 0 Å². The number of nitrogens with two attached hydrogens (primary N) is 1. The number of nitrogens with one attached hydrogen (secondary N) is 1. The summed E-state index contributed by atoms with van der Waals surface area (Å²) < 4.78 is 18.3. The van der Waals surface area contributed by atoms with Gasteiger partial charge in [-0.05, 0) is 18.2 Å². The maximum Gasteiger partial charge on any atom is 0.125 e. The van der Waals surface area contributed by atoms with E-state index in [1.807, 2.05) is 0 Å². The van der Waals surface area contributed by atoms with Gasteiger partial charge in [0.25, 0.3) is 0 Å². The van der Waals surface area contributed by atoms with Crippen molar-refractivity contribution in [3.8, 4) is 0 Å². The second-order valence-electron chi connectivity index (χ2n) is 4.11. The topological polar surface area (TPSA) is 50.5 Å². The lowest BCUT2D eigenvalue weighted by Crippen LogP contribution is -2.39. The zero-order valence-corrected chi connectivity index (χ0v) is 9.79. The molecule has 0 aliphatic carbocycles. The molecule has 2 rings (SSSR count). The molecule has 5 heteroatoms. The van der Waals surface area contributed by atoms with Crippen molar-refractivity contribution >= 4 is 11.4 Å². The Kier molecular flexibility index (Phi) is 4.17. The van der Waals surface area contributed by atoms with Gasteiger partial charge in [0.2, 0.25) is 0 Å². The highest BCUT2D eigenvalue weighted by Crippen LogP contribution is 2.18. The van der Waals surface area contributed by atoms with E-state index < -0.39 is 0 Å². The van der Waals surface area contributed by atoms with Gasteiger partial charge in [-0.15, -0.1) is 0 Å². The SMILES string of the molecule is Nc1ccc(F)cc1NCCN1CCOCC1. The van der Waals surface area contributed by atoms with Crippen LogP contribution in [0, 0.1) is 5.82 Å². The highest BCUT2D eigenvalue weighted by molar-refractivity contribution is 5.65. The minimum absolute atomic E-state index is 0.270. The van der Waals surface area contributed by atoms with Gasteiger partial charge in [-0.3, -0.25) is 4.90 Å². The first-order chi connectivity index (χ1) is 8.25. The summed E-state index contributed by atoms with van der Waals surface area (Å²) in [6.07, 6.45) is 0. The van der Waals surface area contributed by atoms with Crippen molar-refractivity contribution in [3.05, 3.63) is 24.0 Å². The number of ether oxygens (including phenoxy) is 1. The van der Waals surface area contributed by atoms with Crippen LogP contribution in [-0.2, 0) is 4.74 Å². The molecule has 1 saturated heterocycles. The third-order valence-corrected chi connectivity index (χ3v) is 2.86. The number of benzene rings is 1. The molecule has 0 amide bonds. The van der Waals surface area contributed by atoms with Crippen LogP contribution in [-0.4, -0.2) is 44.3 Å². The molecule has 0 radical (unpaired) electrons. The number of nitrogens with zero attached hydrogens (tertiary/aromatic N) is 1. The minimum Gasteiger partial charge on any atom is -0.397 e. The number of hydrogen-bond donors (Lipinski definition) is 2. The van der Waals surface area contributed by atoms with E-state index in [0.29, 0.717) is 11.4 Å². The van der Waals surface area contributed by atoms with Crippen molar-refractivity contribution in [2.75, 3.05) is 50.4 Å². The van der Waals surface area contributed by atoms with Crippen molar-refractivity contribution < 1.29 is 9.13 Å². The summed E-state index contributed by atoms with van der Waals surface area (Å²) >= 11 is 0. The Labute approximate surface area is 101 Å². The van der Waals surface area contributed by atoms with E-state index in [0.717, 1.165) is 39.4 Å². The summed E-state index contributed by atoms with van der Waals surface area (Å²) in [6.45, 7) is 5.18. The van der Waals surface area contributed by atoms with Crippen LogP contribution in [0.2, 0.25) is 0 Å². The third-order valence-electron chi connectivity index (χ3n) is 2.86. The predicted octanol–water partition coefficient (Wildman–Crippen LogP) is 1.15. The lowest BCUT2D eigenvalue weighted by Gasteiger charge is -2.26. The van der Waals surface area contributed by atoms with Gasteiger partial charge in [0, 0.05) is 26.2 Å². The maximum atomic E-state index is 13.0. The molecule has 1 fully saturated rings. The second kappa shape index (κ2) is 5.84. The molecule has 3 N–H and O–H groups in total. The predicted molar refractivity (Wildman–Crippen MR) is 66.6 cm³/mol. The lowest BCUT2D eigenvalue weighted by atomic mass is 10.2. The first kappa shape index (κ1) is 12.1. The average Bonchev–Trinajstić information content (AvgIpc) is 2.35. The first-order valence-electron chi connectivity index (χ1n) is 5.85. The molecule has 0 atom stereocenters. The van der Waals surface area contributed by atoms with E-state index in [4.69, 9.17) is 10.5 Å². The number of anilines is 2. The summed E-state index contributed by atoms with van der Waals surface area (Å²) in [5, 5.41) is 3.15. The molecule has 94 valence electrons. The summed E-state index contributed by atoms with van der Waals surface area (Å²) in [6, 6.07) is 4.36. The Hall–Kier alpha value is -1.33. The molecule has 0 saturated carbocycles. The molecular formula is C12H18FN3O. The van der Waals surface area contributed by atoms with Crippen molar-refractivity contribution in [2.24, 2.45) is 0 Å². The molecule has 1 aliphatic heterocycles. The molecule has 1 heterocycles. The van der Waals surface area contributed by atoms with Gasteiger partial charge < -0.3 is 15.8 Å². The number of rotatable bonds is 4. The van der Waals surface area contributed by atoms with Gasteiger partial charge in [-0.1, -0.05) is 0 Å². The normalized spacial score (nSPS) is 17.0. The molecule has 4 nitrogen and oxygen atoms in total. The van der Waals surface area contributed by atoms with Crippen molar-refractivity contribution in [2.45, 2.75) is 0 Å². The third kappa shape index (κ3) is 3.57. The monoisotopic (exact) mass is 239 g/mol. The van der Waals surface area contributed by atoms with Gasteiger partial charge in [0.15, 0.2) is 0 Å². The van der Waals surface area contributed by atoms with E-state index in [1.165, 1.54) is 12.1 Å². The van der Waals surface area contributed by atoms with Gasteiger partial charge in [-0.25, -0.2) is 4.39 Å². The second-order valence-corrected chi connectivity index (χ2v) is 4.11. The van der Waals surface area contributed by atoms with Crippen LogP contribution in [0.25, 0.3) is 0 Å². The van der Waals surface area contributed by atoms with Gasteiger partial charge in [0.05, 0.1) is 24.6 Å². The van der Waals surface area contributed by atoms with Gasteiger partial charge in [-0.2, -0.15) is 0 Å². The molecule has 1 aromatic carbocycles. The summed E-state index contributed by atoms with van der Waals surface area (Å²) in [5.41, 5.74) is 6.99. The molecule has 1 aromatic rings. The summed E-state index contributed by atoms with van der Waals surface area (Å²) in [5.74, 6) is -0.270. The van der Waals surface area contributed by atoms with Crippen LogP contribution in [0.1, 0.15) is 0 Å². The van der Waals surface area contributed by atoms with Crippen LogP contribution in [0.4, 0.5) is 15.8 Å². The maximum absolute atomic E-state index is 13.0. The number of halogens is 1. The Bertz CT molecular complexity index is 367. The van der Waals surface area contributed by atoms with E-state index in [-0.39, 0.29) is 5.82 Å². The van der Waals surface area contributed by atoms with Crippen molar-refractivity contribution in [1.82, 2.24) is 4.90 Å². The van der Waals surface area contributed by atoms with Crippen LogP contribution >= 0.6 is 0 Å². The number of morpholine rings is 1. The quantitative estimate of drug-likeness (QED) is 0.774. The first-order valence-corrected chi connectivity index (χ1v) is 5.85. The number of hydrogen-bond acceptors (Lipinski definition) is 4. The van der Waals surface area contributed by atoms with Crippen LogP contribution in [0.3, 0.4) is 0 Å². The summed E-state index contributed by atoms with van der Waals surface area (Å²) in [4.78, 5) is 2.31. The molecule has 17 heavy (non-hydrogen) atoms. The van der Waals surface area contributed by atoms with Crippen LogP contribution < -0.4 is 11.1 Å². The molecule has 0 spiro atoms. The molecular weight excluding hydrogens is 221 g/mol. The Morgan fingerprint density at radius 2 is 2.12 bits per heavy atom. The molecule has 0 aromatic heterocycles. The summed E-state index contributed by atoms with van der Waals surface area (Å²) in [7, 11) is 0. The Balaban J connectivity index is 1.79. The largest absolute Gasteiger partial charge is 0.397 e. The van der Waals surface area contributed by atoms with Crippen molar-refractivity contribution in [3.63, 3.8) is 0 Å². The number of nitrogen functional groups attached to an aromatic ring is 1. The van der Waals surface area contributed by atoms with E-state index in [9.17, 15) is 4.39 Å². The standard InChI is InChI=1S/C12H18FN3O/c13-10-1-2-11(14)12(9-10)15-3-4-16-5-7-17-8-6-16/h1-2,9,15H,3-8,14H2. The zero-order valence-electron chi connectivity index (χ0n) is 9.79.